The Morgan fingerprint density at radius 1 is 0.438 bits per heavy atom. The number of aromatic nitrogens is 6. The molecule has 51 nitrogen and oxygen atoms in total. The topological polar surface area (TPSA) is 893 Å². The number of guanidine groups is 1. The van der Waals surface area contributed by atoms with E-state index in [-0.39, 0.29) is 118 Å². The van der Waals surface area contributed by atoms with E-state index in [4.69, 9.17) is 143 Å². The molecule has 0 unspecified atom stereocenters. The summed E-state index contributed by atoms with van der Waals surface area (Å²) in [6.45, 7) is -1.50. The molecule has 684 valence electrons. The molecule has 44 N–H and O–H groups in total. The van der Waals surface area contributed by atoms with Gasteiger partial charge >= 0.3 is 0 Å². The van der Waals surface area contributed by atoms with Crippen LogP contribution in [0.3, 0.4) is 0 Å². The van der Waals surface area contributed by atoms with E-state index in [0.29, 0.717) is 32.1 Å². The third-order valence-electron chi connectivity index (χ3n) is 23.2. The summed E-state index contributed by atoms with van der Waals surface area (Å²) in [6.07, 6.45) is -40.1. The van der Waals surface area contributed by atoms with Gasteiger partial charge in [-0.3, -0.25) is 19.4 Å². The molecule has 3 amide bonds. The molecule has 1 aromatic carbocycles. The van der Waals surface area contributed by atoms with Crippen LogP contribution in [0.4, 0.5) is 0 Å². The van der Waals surface area contributed by atoms with Crippen molar-refractivity contribution >= 4 is 23.7 Å². The van der Waals surface area contributed by atoms with Crippen molar-refractivity contribution in [2.45, 2.75) is 309 Å². The van der Waals surface area contributed by atoms with Crippen LogP contribution in [0.25, 0.3) is 22.5 Å². The maximum absolute atomic E-state index is 14.5. The van der Waals surface area contributed by atoms with Crippen LogP contribution >= 0.6 is 0 Å². The minimum absolute atomic E-state index is 0.0470. The number of benzene rings is 1. The minimum Gasteiger partial charge on any atom is -0.389 e. The first-order valence-electron chi connectivity index (χ1n) is 40.3. The Labute approximate surface area is 692 Å². The SMILES string of the molecule is NC[C@@H]1O[C@@H](O[C@H]2[C@H](O[C@@H]3O[C@H](Cn4cc(-c5cc(C(=O)NCCCCCCC(=O)N[C@@H](CCCN=C(N)N)C(N)=O)cc(-c6cn(C[C@@H]7O[C@H](O[C@H]8[C@H](O)[C@@H](N)C[C@@H](N)[C@@H]8O[C@H]8O[C@H](CN)[C@@H](O)[C@H](O)[C@H]8N)[C@@H](O)[C@H]7O[C@H]7O[C@@H](CN)[C@@H](O)[C@H](O)[C@H]7N)nn6)c5)nn4)[C@@H](O[C@@H]4O[C@H](CN)[C@H](O)[C@@H](O)[C@@H]4N)[C@H]3O)[C@@H](O)[C@H](N)C[C@@H]2N)[C@@H](N)[C@H](O)[C@H]1O. The average Bonchev–Trinajstić information content (AvgIpc) is 1.74. The van der Waals surface area contributed by atoms with Gasteiger partial charge in [0.2, 0.25) is 11.8 Å². The second-order valence-corrected chi connectivity index (χ2v) is 32.0. The van der Waals surface area contributed by atoms with Gasteiger partial charge in [0.15, 0.2) is 43.7 Å². The third-order valence-corrected chi connectivity index (χ3v) is 23.2. The predicted molar refractivity (Wildman–Crippen MR) is 413 cm³/mol. The number of nitrogens with two attached hydrogens (primary N) is 15. The molecule has 8 heterocycles. The summed E-state index contributed by atoms with van der Waals surface area (Å²) in [7, 11) is 0. The number of nitrogens with zero attached hydrogens (tertiary/aromatic N) is 7. The van der Waals surface area contributed by atoms with Gasteiger partial charge in [-0.25, -0.2) is 9.36 Å². The van der Waals surface area contributed by atoms with Crippen LogP contribution < -0.4 is 96.6 Å². The van der Waals surface area contributed by atoms with Crippen molar-refractivity contribution in [1.29, 1.82) is 0 Å². The second kappa shape index (κ2) is 42.4. The van der Waals surface area contributed by atoms with Gasteiger partial charge in [-0.1, -0.05) is 23.3 Å². The standard InChI is InChI=1S/C70H122N24O27/c71-15-33-46(98)50(102)40(79)64(110-33)116-56-28(77)13-26(75)44(96)60(56)120-68-54(106)58(118-66-42(81)52(104)48(100)35(17-73)112-66)37(114-68)21-93-19-31(89-91-93)23-10-24(12-25(11-23)63(109)86-8-4-2-1-3-7-39(95)88-30(62(83)108)6-5-9-87-70(84)85)32-20-94(92-90-32)22-38-59(119-67-43(82)53(105)49(101)36(18-74)113-67)55(107)69(115-38)121-61-45(97)27(76)14-29(78)57(61)117-65-41(80)51(103)47(99)34(16-72)111-65/h10-12,19-20,26-30,33-38,40-61,64-69,96-107H,1-9,13-18,21-22,71-82H2,(H2,83,108)(H,86,109)(H,88,95)(H4,84,85,87)/t26-,27+,28+,29-,30-,33+,34-,35-,36+,37-,38+,40+,41-,42+,43-,44+,45-,46+,47-,48+,49-,50+,51-,52+,53-,54-,55+,56-,57+,58-,59+,60-,61+,64+,65-,66+,67-,68+,69-/m0/s1. The van der Waals surface area contributed by atoms with E-state index in [0.717, 1.165) is 0 Å². The molecule has 121 heavy (non-hydrogen) atoms. The number of amides is 3. The molecule has 6 saturated heterocycles. The van der Waals surface area contributed by atoms with E-state index >= 15 is 0 Å². The number of aliphatic imine (C=N–C) groups is 1. The van der Waals surface area contributed by atoms with Crippen LogP contribution in [0, 0.1) is 0 Å². The first kappa shape index (κ1) is 95.4. The summed E-state index contributed by atoms with van der Waals surface area (Å²) in [5.41, 5.74) is 92.1. The van der Waals surface area contributed by atoms with Crippen molar-refractivity contribution in [3.63, 3.8) is 0 Å². The van der Waals surface area contributed by atoms with Crippen LogP contribution in [0.2, 0.25) is 0 Å². The zero-order valence-corrected chi connectivity index (χ0v) is 66.2. The molecular weight excluding hydrogens is 1610 g/mol. The fourth-order valence-electron chi connectivity index (χ4n) is 16.1. The number of primary amides is 1. The lowest BCUT2D eigenvalue weighted by Gasteiger charge is -2.47. The van der Waals surface area contributed by atoms with Crippen LogP contribution in [0.5, 0.6) is 0 Å². The molecule has 2 aliphatic carbocycles. The van der Waals surface area contributed by atoms with Crippen LogP contribution in [-0.2, 0) is 79.5 Å². The van der Waals surface area contributed by atoms with Crippen molar-refractivity contribution < 1.29 is 133 Å². The van der Waals surface area contributed by atoms with Gasteiger partial charge in [-0.2, -0.15) is 0 Å². The number of hydrogen-bond acceptors (Lipinski definition) is 44. The van der Waals surface area contributed by atoms with Gasteiger partial charge in [0, 0.05) is 86.5 Å². The molecule has 8 aliphatic rings. The van der Waals surface area contributed by atoms with Crippen molar-refractivity contribution in [1.82, 2.24) is 40.6 Å². The number of nitrogens with one attached hydrogen (secondary N) is 2. The van der Waals surface area contributed by atoms with E-state index in [1.54, 1.807) is 6.07 Å². The smallest absolute Gasteiger partial charge is 0.251 e. The van der Waals surface area contributed by atoms with Gasteiger partial charge in [-0.05, 0) is 56.7 Å². The lowest BCUT2D eigenvalue weighted by Crippen LogP contribution is -2.68. The summed E-state index contributed by atoms with van der Waals surface area (Å²) in [5, 5.41) is 158. The Balaban J connectivity index is 0.870. The number of aliphatic hydroxyl groups is 12. The van der Waals surface area contributed by atoms with E-state index in [9.17, 15) is 75.7 Å². The number of rotatable bonds is 36. The van der Waals surface area contributed by atoms with E-state index in [2.05, 4.69) is 36.3 Å². The zero-order valence-electron chi connectivity index (χ0n) is 66.2. The molecule has 3 aromatic rings. The Bertz CT molecular complexity index is 3640. The molecule has 0 radical (unpaired) electrons. The summed E-state index contributed by atoms with van der Waals surface area (Å²) in [5.74, 6) is -1.81. The molecule has 6 aliphatic heterocycles. The number of aliphatic hydroxyl groups excluding tert-OH is 12. The van der Waals surface area contributed by atoms with Crippen molar-refractivity contribution in [2.75, 3.05) is 39.3 Å². The van der Waals surface area contributed by atoms with Gasteiger partial charge in [0.05, 0.1) is 61.9 Å². The maximum atomic E-state index is 14.5. The van der Waals surface area contributed by atoms with Gasteiger partial charge in [-0.15, -0.1) is 10.2 Å². The van der Waals surface area contributed by atoms with Crippen molar-refractivity contribution in [3.05, 3.63) is 36.2 Å². The number of ether oxygens (including phenoxy) is 12. The predicted octanol–water partition coefficient (Wildman–Crippen LogP) is -16.8. The largest absolute Gasteiger partial charge is 0.389 e. The normalized spacial score (nSPS) is 41.2. The fraction of sp³-hybridized carbons (Fsp3) is 0.800. The summed E-state index contributed by atoms with van der Waals surface area (Å²) >= 11 is 0. The highest BCUT2D eigenvalue weighted by Crippen LogP contribution is 2.39. The molecule has 2 aromatic heterocycles. The highest BCUT2D eigenvalue weighted by molar-refractivity contribution is 5.97. The molecule has 39 atom stereocenters. The molecular formula is C70H122N24O27. The molecule has 8 fully saturated rings. The number of hydrogen-bond donors (Lipinski definition) is 29. The van der Waals surface area contributed by atoms with Crippen molar-refractivity contribution in [2.24, 2.45) is 91.0 Å². The summed E-state index contributed by atoms with van der Waals surface area (Å²) < 4.78 is 77.1. The van der Waals surface area contributed by atoms with Crippen molar-refractivity contribution in [3.8, 4) is 22.5 Å². The fourth-order valence-corrected chi connectivity index (χ4v) is 16.1. The van der Waals surface area contributed by atoms with E-state index in [1.165, 1.54) is 33.9 Å². The monoisotopic (exact) mass is 1730 g/mol. The number of carbonyl (C=O) groups excluding carboxylic acids is 3. The molecule has 51 heteroatoms. The lowest BCUT2D eigenvalue weighted by atomic mass is 9.84. The summed E-state index contributed by atoms with van der Waals surface area (Å²) in [6, 6.07) is -6.16. The zero-order chi connectivity index (χ0) is 87.9. The van der Waals surface area contributed by atoms with Crippen LogP contribution in [-0.4, -0.2) is 393 Å². The van der Waals surface area contributed by atoms with Crippen LogP contribution in [0.15, 0.2) is 35.6 Å². The van der Waals surface area contributed by atoms with Crippen LogP contribution in [0.1, 0.15) is 68.1 Å². The third kappa shape index (κ3) is 22.2. The Kier molecular flexibility index (Phi) is 33.4. The Hall–Kier alpha value is -6.26. The van der Waals surface area contributed by atoms with E-state index < -0.39 is 250 Å². The molecule has 0 spiro atoms. The summed E-state index contributed by atoms with van der Waals surface area (Å²) in [4.78, 5) is 43.4. The highest BCUT2D eigenvalue weighted by Gasteiger charge is 2.58. The molecule has 11 rings (SSSR count). The Morgan fingerprint density at radius 3 is 1.17 bits per heavy atom. The minimum atomic E-state index is -1.85. The second-order valence-electron chi connectivity index (χ2n) is 32.0. The van der Waals surface area contributed by atoms with E-state index in [1.807, 2.05) is 0 Å². The van der Waals surface area contributed by atoms with Gasteiger partial charge in [0.1, 0.15) is 152 Å². The van der Waals surface area contributed by atoms with Gasteiger partial charge < -0.3 is 215 Å². The molecule has 2 saturated carbocycles. The first-order chi connectivity index (χ1) is 57.5. The highest BCUT2D eigenvalue weighted by atomic mass is 16.8. The lowest BCUT2D eigenvalue weighted by molar-refractivity contribution is -0.306. The average molecular weight is 1730 g/mol. The number of unbranched alkanes of at least 4 members (excludes halogenated alkanes) is 3. The quantitative estimate of drug-likeness (QED) is 0.0146. The van der Waals surface area contributed by atoms with Gasteiger partial charge in [0.25, 0.3) is 5.91 Å². The number of carbonyl (C=O) groups is 3. The maximum Gasteiger partial charge on any atom is 0.251 e. The first-order valence-corrected chi connectivity index (χ1v) is 40.3. The molecule has 0 bridgehead atoms. The Morgan fingerprint density at radius 2 is 0.802 bits per heavy atom.